The number of imidazole rings is 1. The lowest BCUT2D eigenvalue weighted by Crippen LogP contribution is -2.06. The van der Waals surface area contributed by atoms with Crippen molar-refractivity contribution in [3.63, 3.8) is 0 Å². The highest BCUT2D eigenvalue weighted by Crippen LogP contribution is 2.18. The van der Waals surface area contributed by atoms with Crippen LogP contribution >= 0.6 is 0 Å². The van der Waals surface area contributed by atoms with Crippen LogP contribution in [0.2, 0.25) is 0 Å². The topological polar surface area (TPSA) is 55.9 Å². The van der Waals surface area contributed by atoms with Gasteiger partial charge in [0.25, 0.3) is 0 Å². The van der Waals surface area contributed by atoms with E-state index in [9.17, 15) is 0 Å². The second-order valence-corrected chi connectivity index (χ2v) is 3.88. The number of hydrogen-bond acceptors (Lipinski definition) is 3. The third-order valence-corrected chi connectivity index (χ3v) is 2.62. The molecule has 1 heterocycles. The average Bonchev–Trinajstić information content (AvgIpc) is 2.66. The van der Waals surface area contributed by atoms with Gasteiger partial charge in [-0.1, -0.05) is 6.07 Å². The number of nitrogens with two attached hydrogens (primary N) is 1. The lowest BCUT2D eigenvalue weighted by Gasteiger charge is -2.10. The van der Waals surface area contributed by atoms with Gasteiger partial charge in [0, 0.05) is 30.8 Å². The van der Waals surface area contributed by atoms with E-state index < -0.39 is 0 Å². The molecule has 0 fully saturated rings. The Kier molecular flexibility index (Phi) is 2.81. The number of hydrogen-bond donors (Lipinski definition) is 2. The summed E-state index contributed by atoms with van der Waals surface area (Å²) in [4.78, 5) is 4.25. The average molecular weight is 216 g/mol. The van der Waals surface area contributed by atoms with Crippen molar-refractivity contribution >= 4 is 11.4 Å². The molecule has 0 saturated carbocycles. The Morgan fingerprint density at radius 3 is 2.94 bits per heavy atom. The van der Waals surface area contributed by atoms with Crippen molar-refractivity contribution in [2.24, 2.45) is 7.05 Å². The van der Waals surface area contributed by atoms with Gasteiger partial charge in [-0.3, -0.25) is 0 Å². The van der Waals surface area contributed by atoms with Gasteiger partial charge in [0.1, 0.15) is 5.82 Å². The predicted molar refractivity (Wildman–Crippen MR) is 66.1 cm³/mol. The first-order valence-corrected chi connectivity index (χ1v) is 5.23. The van der Waals surface area contributed by atoms with Crippen LogP contribution in [0.3, 0.4) is 0 Å². The van der Waals surface area contributed by atoms with E-state index >= 15 is 0 Å². The summed E-state index contributed by atoms with van der Waals surface area (Å²) in [6.45, 7) is 2.76. The molecule has 2 rings (SSSR count). The molecule has 1 aromatic heterocycles. The van der Waals surface area contributed by atoms with Gasteiger partial charge in [-0.15, -0.1) is 0 Å². The van der Waals surface area contributed by atoms with Gasteiger partial charge < -0.3 is 15.6 Å². The molecule has 3 N–H and O–H groups in total. The van der Waals surface area contributed by atoms with Gasteiger partial charge in [0.2, 0.25) is 0 Å². The van der Waals surface area contributed by atoms with Crippen molar-refractivity contribution in [3.8, 4) is 0 Å². The quantitative estimate of drug-likeness (QED) is 0.771. The first-order valence-electron chi connectivity index (χ1n) is 5.23. The predicted octanol–water partition coefficient (Wildman–Crippen LogP) is 1.92. The third-order valence-electron chi connectivity index (χ3n) is 2.62. The molecule has 0 saturated heterocycles. The fourth-order valence-electron chi connectivity index (χ4n) is 1.57. The summed E-state index contributed by atoms with van der Waals surface area (Å²) in [5.41, 5.74) is 8.76. The minimum atomic E-state index is 0.702. The molecule has 16 heavy (non-hydrogen) atoms. The van der Waals surface area contributed by atoms with E-state index in [2.05, 4.69) is 17.2 Å². The van der Waals surface area contributed by atoms with Crippen molar-refractivity contribution in [2.45, 2.75) is 13.5 Å². The fourth-order valence-corrected chi connectivity index (χ4v) is 1.57. The molecular weight excluding hydrogens is 200 g/mol. The Bertz CT molecular complexity index is 488. The summed E-state index contributed by atoms with van der Waals surface area (Å²) < 4.78 is 1.99. The molecule has 0 bridgehead atoms. The molecule has 0 amide bonds. The molecule has 4 heteroatoms. The number of aromatic nitrogens is 2. The summed E-state index contributed by atoms with van der Waals surface area (Å²) in [7, 11) is 1.98. The molecule has 0 spiro atoms. The monoisotopic (exact) mass is 216 g/mol. The highest BCUT2D eigenvalue weighted by molar-refractivity contribution is 5.59. The van der Waals surface area contributed by atoms with Crippen LogP contribution in [0.25, 0.3) is 0 Å². The van der Waals surface area contributed by atoms with Gasteiger partial charge in [-0.2, -0.15) is 0 Å². The minimum absolute atomic E-state index is 0.702. The summed E-state index contributed by atoms with van der Waals surface area (Å²) in [6.07, 6.45) is 3.73. The van der Waals surface area contributed by atoms with Crippen LogP contribution < -0.4 is 11.1 Å². The maximum absolute atomic E-state index is 5.75. The van der Waals surface area contributed by atoms with Gasteiger partial charge >= 0.3 is 0 Å². The van der Waals surface area contributed by atoms with E-state index in [4.69, 9.17) is 5.73 Å². The fraction of sp³-hybridized carbons (Fsp3) is 0.250. The minimum Gasteiger partial charge on any atom is -0.399 e. The van der Waals surface area contributed by atoms with Gasteiger partial charge in [0.15, 0.2) is 0 Å². The number of aryl methyl sites for hydroxylation is 2. The first kappa shape index (κ1) is 10.5. The van der Waals surface area contributed by atoms with E-state index in [1.165, 1.54) is 5.56 Å². The molecule has 0 aliphatic rings. The number of nitrogens with zero attached hydrogens (tertiary/aromatic N) is 2. The van der Waals surface area contributed by atoms with Crippen LogP contribution in [0.15, 0.2) is 30.6 Å². The second kappa shape index (κ2) is 4.26. The van der Waals surface area contributed by atoms with E-state index in [0.29, 0.717) is 6.54 Å². The zero-order valence-corrected chi connectivity index (χ0v) is 9.57. The number of benzene rings is 1. The summed E-state index contributed by atoms with van der Waals surface area (Å²) in [5, 5.41) is 3.33. The van der Waals surface area contributed by atoms with Crippen LogP contribution in [0, 0.1) is 6.92 Å². The van der Waals surface area contributed by atoms with Crippen molar-refractivity contribution in [1.29, 1.82) is 0 Å². The van der Waals surface area contributed by atoms with E-state index in [1.54, 1.807) is 6.20 Å². The van der Waals surface area contributed by atoms with E-state index in [-0.39, 0.29) is 0 Å². The Hall–Kier alpha value is -1.97. The summed E-state index contributed by atoms with van der Waals surface area (Å²) >= 11 is 0. The van der Waals surface area contributed by atoms with E-state index in [1.807, 2.05) is 36.0 Å². The van der Waals surface area contributed by atoms with Gasteiger partial charge in [-0.05, 0) is 24.6 Å². The molecule has 4 nitrogen and oxygen atoms in total. The van der Waals surface area contributed by atoms with Crippen molar-refractivity contribution < 1.29 is 0 Å². The molecular formula is C12H16N4. The van der Waals surface area contributed by atoms with Crippen molar-refractivity contribution in [1.82, 2.24) is 9.55 Å². The molecule has 0 aliphatic heterocycles. The highest BCUT2D eigenvalue weighted by atomic mass is 15.1. The summed E-state index contributed by atoms with van der Waals surface area (Å²) in [5.74, 6) is 1.00. The second-order valence-electron chi connectivity index (χ2n) is 3.88. The number of nitrogen functional groups attached to an aromatic ring is 1. The Balaban J connectivity index is 2.10. The Morgan fingerprint density at radius 2 is 2.25 bits per heavy atom. The van der Waals surface area contributed by atoms with Crippen molar-refractivity contribution in [2.75, 3.05) is 11.1 Å². The maximum Gasteiger partial charge on any atom is 0.127 e. The lowest BCUT2D eigenvalue weighted by atomic mass is 10.2. The number of anilines is 2. The molecule has 2 aromatic rings. The SMILES string of the molecule is Cc1ccc(N)cc1NCc1nccn1C. The lowest BCUT2D eigenvalue weighted by molar-refractivity contribution is 0.812. The molecule has 84 valence electrons. The summed E-state index contributed by atoms with van der Waals surface area (Å²) in [6, 6.07) is 5.86. The van der Waals surface area contributed by atoms with Gasteiger partial charge in [0.05, 0.1) is 6.54 Å². The molecule has 0 radical (unpaired) electrons. The van der Waals surface area contributed by atoms with Crippen LogP contribution in [0.5, 0.6) is 0 Å². The first-order chi connectivity index (χ1) is 7.66. The van der Waals surface area contributed by atoms with Crippen LogP contribution in [0.1, 0.15) is 11.4 Å². The number of nitrogens with one attached hydrogen (secondary N) is 1. The van der Waals surface area contributed by atoms with Crippen LogP contribution in [-0.2, 0) is 13.6 Å². The smallest absolute Gasteiger partial charge is 0.127 e. The van der Waals surface area contributed by atoms with Crippen LogP contribution in [-0.4, -0.2) is 9.55 Å². The molecule has 0 atom stereocenters. The normalized spacial score (nSPS) is 10.4. The molecule has 0 aliphatic carbocycles. The highest BCUT2D eigenvalue weighted by Gasteiger charge is 2.01. The van der Waals surface area contributed by atoms with Gasteiger partial charge in [-0.25, -0.2) is 4.98 Å². The van der Waals surface area contributed by atoms with Crippen LogP contribution in [0.4, 0.5) is 11.4 Å². The zero-order valence-electron chi connectivity index (χ0n) is 9.57. The molecule has 1 aromatic carbocycles. The maximum atomic E-state index is 5.75. The van der Waals surface area contributed by atoms with E-state index in [0.717, 1.165) is 17.2 Å². The third kappa shape index (κ3) is 2.16. The zero-order chi connectivity index (χ0) is 11.5. The number of rotatable bonds is 3. The Labute approximate surface area is 95.1 Å². The molecule has 0 unspecified atom stereocenters. The Morgan fingerprint density at radius 1 is 1.44 bits per heavy atom. The standard InChI is InChI=1S/C12H16N4/c1-9-3-4-10(13)7-11(9)15-8-12-14-5-6-16(12)2/h3-7,15H,8,13H2,1-2H3. The van der Waals surface area contributed by atoms with Crippen molar-refractivity contribution in [3.05, 3.63) is 42.0 Å². The largest absolute Gasteiger partial charge is 0.399 e.